The first-order valence-corrected chi connectivity index (χ1v) is 4.67. The quantitative estimate of drug-likeness (QED) is 0.717. The molecule has 0 amide bonds. The van der Waals surface area contributed by atoms with Crippen LogP contribution in [0.1, 0.15) is 25.5 Å². The molecule has 78 valence electrons. The van der Waals surface area contributed by atoms with Crippen LogP contribution in [-0.4, -0.2) is 22.6 Å². The molecule has 1 rings (SSSR count). The van der Waals surface area contributed by atoms with Gasteiger partial charge in [0, 0.05) is 6.61 Å². The van der Waals surface area contributed by atoms with Crippen LogP contribution in [0, 0.1) is 0 Å². The van der Waals surface area contributed by atoms with Crippen LogP contribution in [0.5, 0.6) is 0 Å². The lowest BCUT2D eigenvalue weighted by molar-refractivity contribution is -0.228. The summed E-state index contributed by atoms with van der Waals surface area (Å²) >= 11 is 0. The molecule has 1 aromatic carbocycles. The number of hydrogen-bond acceptors (Lipinski definition) is 3. The van der Waals surface area contributed by atoms with Gasteiger partial charge in [0.2, 0.25) is 0 Å². The molecule has 0 aromatic heterocycles. The van der Waals surface area contributed by atoms with Crippen LogP contribution in [0.3, 0.4) is 0 Å². The normalized spacial score (nSPS) is 14.0. The molecule has 0 heterocycles. The number of benzene rings is 1. The van der Waals surface area contributed by atoms with E-state index in [1.54, 1.807) is 0 Å². The SMILES string of the molecule is CCOC(c1ccccc1)C(C)(O)O. The lowest BCUT2D eigenvalue weighted by Gasteiger charge is -2.27. The Kier molecular flexibility index (Phi) is 3.63. The molecule has 1 atom stereocenters. The number of hydrogen-bond donors (Lipinski definition) is 2. The second kappa shape index (κ2) is 4.55. The molecular formula is C11H16O3. The highest BCUT2D eigenvalue weighted by atomic mass is 16.6. The molecule has 14 heavy (non-hydrogen) atoms. The molecule has 2 N–H and O–H groups in total. The summed E-state index contributed by atoms with van der Waals surface area (Å²) < 4.78 is 5.29. The van der Waals surface area contributed by atoms with E-state index in [9.17, 15) is 10.2 Å². The monoisotopic (exact) mass is 196 g/mol. The van der Waals surface area contributed by atoms with Crippen LogP contribution >= 0.6 is 0 Å². The molecule has 0 aliphatic rings. The van der Waals surface area contributed by atoms with E-state index >= 15 is 0 Å². The predicted molar refractivity (Wildman–Crippen MR) is 53.7 cm³/mol. The maximum Gasteiger partial charge on any atom is 0.191 e. The van der Waals surface area contributed by atoms with Crippen molar-refractivity contribution in [2.24, 2.45) is 0 Å². The fourth-order valence-corrected chi connectivity index (χ4v) is 1.36. The lowest BCUT2D eigenvalue weighted by atomic mass is 10.0. The Balaban J connectivity index is 2.89. The molecule has 3 heteroatoms. The zero-order valence-electron chi connectivity index (χ0n) is 8.47. The average Bonchev–Trinajstić information content (AvgIpc) is 2.14. The smallest absolute Gasteiger partial charge is 0.191 e. The zero-order valence-corrected chi connectivity index (χ0v) is 8.47. The van der Waals surface area contributed by atoms with Gasteiger partial charge in [0.05, 0.1) is 0 Å². The standard InChI is InChI=1S/C11H16O3/c1-3-14-10(11(2,12)13)9-7-5-4-6-8-9/h4-8,10,12-13H,3H2,1-2H3. The van der Waals surface area contributed by atoms with Crippen LogP contribution in [0.25, 0.3) is 0 Å². The Morgan fingerprint density at radius 3 is 2.29 bits per heavy atom. The summed E-state index contributed by atoms with van der Waals surface area (Å²) in [4.78, 5) is 0. The maximum absolute atomic E-state index is 9.49. The summed E-state index contributed by atoms with van der Waals surface area (Å²) in [7, 11) is 0. The lowest BCUT2D eigenvalue weighted by Crippen LogP contribution is -2.34. The van der Waals surface area contributed by atoms with Crippen LogP contribution in [-0.2, 0) is 4.74 Å². The molecule has 0 saturated heterocycles. The van der Waals surface area contributed by atoms with Gasteiger partial charge in [-0.3, -0.25) is 0 Å². The van der Waals surface area contributed by atoms with Gasteiger partial charge < -0.3 is 14.9 Å². The Hall–Kier alpha value is -0.900. The van der Waals surface area contributed by atoms with Crippen LogP contribution in [0.4, 0.5) is 0 Å². The molecule has 0 radical (unpaired) electrons. The largest absolute Gasteiger partial charge is 0.368 e. The van der Waals surface area contributed by atoms with Gasteiger partial charge in [0.25, 0.3) is 0 Å². The van der Waals surface area contributed by atoms with Crippen molar-refractivity contribution in [1.29, 1.82) is 0 Å². The first-order chi connectivity index (χ1) is 6.55. The van der Waals surface area contributed by atoms with Gasteiger partial charge in [-0.2, -0.15) is 0 Å². The van der Waals surface area contributed by atoms with Gasteiger partial charge in [-0.05, 0) is 19.4 Å². The number of aliphatic hydroxyl groups is 2. The van der Waals surface area contributed by atoms with Crippen LogP contribution < -0.4 is 0 Å². The van der Waals surface area contributed by atoms with Gasteiger partial charge in [-0.15, -0.1) is 0 Å². The highest BCUT2D eigenvalue weighted by Crippen LogP contribution is 2.27. The van der Waals surface area contributed by atoms with Gasteiger partial charge in [0.15, 0.2) is 5.79 Å². The van der Waals surface area contributed by atoms with E-state index in [0.29, 0.717) is 6.61 Å². The molecule has 1 aromatic rings. The summed E-state index contributed by atoms with van der Waals surface area (Å²) in [5.74, 6) is -1.85. The van der Waals surface area contributed by atoms with E-state index < -0.39 is 11.9 Å². The fourth-order valence-electron chi connectivity index (χ4n) is 1.36. The number of rotatable bonds is 4. The minimum absolute atomic E-state index is 0.441. The minimum Gasteiger partial charge on any atom is -0.368 e. The highest BCUT2D eigenvalue weighted by Gasteiger charge is 2.30. The van der Waals surface area contributed by atoms with E-state index in [2.05, 4.69) is 0 Å². The number of ether oxygens (including phenoxy) is 1. The van der Waals surface area contributed by atoms with E-state index in [0.717, 1.165) is 5.56 Å². The van der Waals surface area contributed by atoms with Crippen molar-refractivity contribution in [2.45, 2.75) is 25.7 Å². The van der Waals surface area contributed by atoms with Gasteiger partial charge in [0.1, 0.15) is 6.10 Å². The first kappa shape index (κ1) is 11.2. The van der Waals surface area contributed by atoms with Gasteiger partial charge in [-0.1, -0.05) is 30.3 Å². The van der Waals surface area contributed by atoms with Crippen molar-refractivity contribution in [2.75, 3.05) is 6.61 Å². The minimum atomic E-state index is -1.85. The summed E-state index contributed by atoms with van der Waals surface area (Å²) in [5.41, 5.74) is 0.766. The Morgan fingerprint density at radius 1 is 1.29 bits per heavy atom. The van der Waals surface area contributed by atoms with Crippen LogP contribution in [0.15, 0.2) is 30.3 Å². The third-order valence-corrected chi connectivity index (χ3v) is 1.93. The molecule has 0 aliphatic carbocycles. The average molecular weight is 196 g/mol. The van der Waals surface area contributed by atoms with Crippen molar-refractivity contribution in [3.63, 3.8) is 0 Å². The molecule has 0 aliphatic heterocycles. The molecule has 1 unspecified atom stereocenters. The molecule has 0 bridgehead atoms. The van der Waals surface area contributed by atoms with Crippen molar-refractivity contribution in [3.05, 3.63) is 35.9 Å². The topological polar surface area (TPSA) is 49.7 Å². The molecular weight excluding hydrogens is 180 g/mol. The van der Waals surface area contributed by atoms with Crippen molar-refractivity contribution in [1.82, 2.24) is 0 Å². The second-order valence-corrected chi connectivity index (χ2v) is 3.34. The Bertz CT molecular complexity index is 264. The van der Waals surface area contributed by atoms with Gasteiger partial charge in [-0.25, -0.2) is 0 Å². The second-order valence-electron chi connectivity index (χ2n) is 3.34. The third-order valence-electron chi connectivity index (χ3n) is 1.93. The third kappa shape index (κ3) is 2.80. The predicted octanol–water partition coefficient (Wildman–Crippen LogP) is 1.46. The van der Waals surface area contributed by atoms with E-state index in [-0.39, 0.29) is 0 Å². The zero-order chi connectivity index (χ0) is 10.6. The summed E-state index contributed by atoms with van der Waals surface area (Å²) in [6, 6.07) is 9.18. The highest BCUT2D eigenvalue weighted by molar-refractivity contribution is 5.19. The molecule has 3 nitrogen and oxygen atoms in total. The van der Waals surface area contributed by atoms with Crippen molar-refractivity contribution < 1.29 is 14.9 Å². The van der Waals surface area contributed by atoms with Crippen LogP contribution in [0.2, 0.25) is 0 Å². The Morgan fingerprint density at radius 2 is 1.86 bits per heavy atom. The van der Waals surface area contributed by atoms with E-state index in [1.165, 1.54) is 6.92 Å². The molecule has 0 saturated carbocycles. The van der Waals surface area contributed by atoms with E-state index in [4.69, 9.17) is 4.74 Å². The molecule has 0 fully saturated rings. The molecule has 0 spiro atoms. The maximum atomic E-state index is 9.49. The van der Waals surface area contributed by atoms with Crippen molar-refractivity contribution in [3.8, 4) is 0 Å². The summed E-state index contributed by atoms with van der Waals surface area (Å²) in [6.07, 6.45) is -0.700. The Labute approximate surface area is 84.0 Å². The van der Waals surface area contributed by atoms with Gasteiger partial charge >= 0.3 is 0 Å². The van der Waals surface area contributed by atoms with Crippen molar-refractivity contribution >= 4 is 0 Å². The first-order valence-electron chi connectivity index (χ1n) is 4.67. The van der Waals surface area contributed by atoms with E-state index in [1.807, 2.05) is 37.3 Å². The summed E-state index contributed by atoms with van der Waals surface area (Å²) in [5, 5.41) is 19.0. The fraction of sp³-hybridized carbons (Fsp3) is 0.455. The summed E-state index contributed by atoms with van der Waals surface area (Å²) in [6.45, 7) is 3.58.